The molecule has 2 N–H and O–H groups in total. The molecule has 3 rings (SSSR count). The first kappa shape index (κ1) is 12.2. The Balaban J connectivity index is 2.06. The average molecular weight is 319 g/mol. The molecule has 0 aliphatic rings. The molecule has 19 heavy (non-hydrogen) atoms. The van der Waals surface area contributed by atoms with E-state index in [1.807, 2.05) is 30.5 Å². The standard InChI is InChI=1S/C15H12BrFN2/c16-13-5-4-11(17)8-10(13)9-19-7-6-12-14(18)2-1-3-15(12)19/h1-8H,9,18H2. The van der Waals surface area contributed by atoms with Gasteiger partial charge in [0.25, 0.3) is 0 Å². The fourth-order valence-corrected chi connectivity index (χ4v) is 2.61. The van der Waals surface area contributed by atoms with Gasteiger partial charge in [-0.3, -0.25) is 0 Å². The predicted molar refractivity (Wildman–Crippen MR) is 79.6 cm³/mol. The molecule has 0 saturated heterocycles. The van der Waals surface area contributed by atoms with Crippen LogP contribution >= 0.6 is 15.9 Å². The van der Waals surface area contributed by atoms with Crippen LogP contribution in [-0.2, 0) is 6.54 Å². The minimum atomic E-state index is -0.228. The lowest BCUT2D eigenvalue weighted by molar-refractivity contribution is 0.623. The number of hydrogen-bond donors (Lipinski definition) is 1. The van der Waals surface area contributed by atoms with Crippen LogP contribution in [0.25, 0.3) is 10.9 Å². The quantitative estimate of drug-likeness (QED) is 0.706. The average Bonchev–Trinajstić information content (AvgIpc) is 2.79. The van der Waals surface area contributed by atoms with E-state index in [4.69, 9.17) is 5.73 Å². The second kappa shape index (κ2) is 4.70. The summed E-state index contributed by atoms with van der Waals surface area (Å²) in [6.07, 6.45) is 1.97. The molecule has 0 atom stereocenters. The van der Waals surface area contributed by atoms with Gasteiger partial charge >= 0.3 is 0 Å². The topological polar surface area (TPSA) is 30.9 Å². The van der Waals surface area contributed by atoms with Crippen LogP contribution in [0.15, 0.2) is 53.1 Å². The van der Waals surface area contributed by atoms with E-state index in [1.165, 1.54) is 6.07 Å². The van der Waals surface area contributed by atoms with Crippen LogP contribution in [0.2, 0.25) is 0 Å². The van der Waals surface area contributed by atoms with Crippen molar-refractivity contribution in [3.63, 3.8) is 0 Å². The van der Waals surface area contributed by atoms with Crippen molar-refractivity contribution in [2.75, 3.05) is 5.73 Å². The fourth-order valence-electron chi connectivity index (χ4n) is 2.23. The van der Waals surface area contributed by atoms with Crippen molar-refractivity contribution in [3.8, 4) is 0 Å². The second-order valence-electron chi connectivity index (χ2n) is 4.46. The summed E-state index contributed by atoms with van der Waals surface area (Å²) in [7, 11) is 0. The molecule has 2 aromatic carbocycles. The number of benzene rings is 2. The highest BCUT2D eigenvalue weighted by Gasteiger charge is 2.07. The normalized spacial score (nSPS) is 11.1. The van der Waals surface area contributed by atoms with Crippen LogP contribution in [0.4, 0.5) is 10.1 Å². The van der Waals surface area contributed by atoms with Crippen molar-refractivity contribution < 1.29 is 4.39 Å². The second-order valence-corrected chi connectivity index (χ2v) is 5.31. The molecule has 0 radical (unpaired) electrons. The number of aromatic nitrogens is 1. The van der Waals surface area contributed by atoms with Gasteiger partial charge in [0.15, 0.2) is 0 Å². The lowest BCUT2D eigenvalue weighted by Crippen LogP contribution is -1.99. The van der Waals surface area contributed by atoms with E-state index in [-0.39, 0.29) is 5.82 Å². The Morgan fingerprint density at radius 2 is 2.00 bits per heavy atom. The number of nitrogens with two attached hydrogens (primary N) is 1. The van der Waals surface area contributed by atoms with Gasteiger partial charge in [-0.2, -0.15) is 0 Å². The number of anilines is 1. The van der Waals surface area contributed by atoms with Gasteiger partial charge in [0.2, 0.25) is 0 Å². The molecular weight excluding hydrogens is 307 g/mol. The van der Waals surface area contributed by atoms with Gasteiger partial charge in [0, 0.05) is 28.3 Å². The highest BCUT2D eigenvalue weighted by Crippen LogP contribution is 2.25. The molecule has 0 aliphatic carbocycles. The highest BCUT2D eigenvalue weighted by atomic mass is 79.9. The third-order valence-electron chi connectivity index (χ3n) is 3.20. The van der Waals surface area contributed by atoms with E-state index in [2.05, 4.69) is 20.5 Å². The van der Waals surface area contributed by atoms with E-state index in [9.17, 15) is 4.39 Å². The Hall–Kier alpha value is -1.81. The van der Waals surface area contributed by atoms with Gasteiger partial charge in [-0.05, 0) is 42.0 Å². The zero-order valence-electron chi connectivity index (χ0n) is 10.1. The van der Waals surface area contributed by atoms with Gasteiger partial charge in [-0.25, -0.2) is 4.39 Å². The van der Waals surface area contributed by atoms with E-state index in [0.717, 1.165) is 26.6 Å². The van der Waals surface area contributed by atoms with E-state index < -0.39 is 0 Å². The molecule has 1 heterocycles. The molecule has 0 spiro atoms. The Morgan fingerprint density at radius 3 is 2.84 bits per heavy atom. The zero-order valence-corrected chi connectivity index (χ0v) is 11.7. The van der Waals surface area contributed by atoms with Gasteiger partial charge < -0.3 is 10.3 Å². The summed E-state index contributed by atoms with van der Waals surface area (Å²) >= 11 is 3.45. The van der Waals surface area contributed by atoms with Crippen LogP contribution < -0.4 is 5.73 Å². The summed E-state index contributed by atoms with van der Waals surface area (Å²) in [5.41, 5.74) is 8.65. The van der Waals surface area contributed by atoms with Gasteiger partial charge in [-0.15, -0.1) is 0 Å². The maximum atomic E-state index is 13.3. The van der Waals surface area contributed by atoms with Crippen LogP contribution in [0.1, 0.15) is 5.56 Å². The van der Waals surface area contributed by atoms with Crippen LogP contribution in [0, 0.1) is 5.82 Å². The van der Waals surface area contributed by atoms with Crippen molar-refractivity contribution in [2.45, 2.75) is 6.54 Å². The third kappa shape index (κ3) is 2.24. The van der Waals surface area contributed by atoms with Crippen molar-refractivity contribution in [1.82, 2.24) is 4.57 Å². The highest BCUT2D eigenvalue weighted by molar-refractivity contribution is 9.10. The first-order chi connectivity index (χ1) is 9.15. The van der Waals surface area contributed by atoms with E-state index >= 15 is 0 Å². The van der Waals surface area contributed by atoms with E-state index in [1.54, 1.807) is 12.1 Å². The summed E-state index contributed by atoms with van der Waals surface area (Å²) in [6.45, 7) is 0.602. The maximum absolute atomic E-state index is 13.3. The Morgan fingerprint density at radius 1 is 1.16 bits per heavy atom. The maximum Gasteiger partial charge on any atom is 0.123 e. The number of rotatable bonds is 2. The molecule has 1 aromatic heterocycles. The number of fused-ring (bicyclic) bond motifs is 1. The van der Waals surface area contributed by atoms with Crippen molar-refractivity contribution in [2.24, 2.45) is 0 Å². The van der Waals surface area contributed by atoms with E-state index in [0.29, 0.717) is 6.54 Å². The van der Waals surface area contributed by atoms with Crippen LogP contribution in [0.5, 0.6) is 0 Å². The lowest BCUT2D eigenvalue weighted by Gasteiger charge is -2.08. The number of nitrogen functional groups attached to an aromatic ring is 1. The Bertz CT molecular complexity index is 749. The molecule has 4 heteroatoms. The van der Waals surface area contributed by atoms with Gasteiger partial charge in [0.1, 0.15) is 5.82 Å². The molecular formula is C15H12BrFN2. The Labute approximate surface area is 118 Å². The first-order valence-electron chi connectivity index (χ1n) is 5.92. The van der Waals surface area contributed by atoms with Gasteiger partial charge in [-0.1, -0.05) is 22.0 Å². The largest absolute Gasteiger partial charge is 0.398 e. The van der Waals surface area contributed by atoms with Crippen LogP contribution in [-0.4, -0.2) is 4.57 Å². The zero-order chi connectivity index (χ0) is 13.4. The molecule has 0 aliphatic heterocycles. The molecule has 2 nitrogen and oxygen atoms in total. The predicted octanol–water partition coefficient (Wildman–Crippen LogP) is 4.17. The minimum Gasteiger partial charge on any atom is -0.398 e. The van der Waals surface area contributed by atoms with Crippen molar-refractivity contribution >= 4 is 32.5 Å². The fraction of sp³-hybridized carbons (Fsp3) is 0.0667. The third-order valence-corrected chi connectivity index (χ3v) is 3.97. The molecule has 96 valence electrons. The van der Waals surface area contributed by atoms with Gasteiger partial charge in [0.05, 0.1) is 5.52 Å². The van der Waals surface area contributed by atoms with Crippen LogP contribution in [0.3, 0.4) is 0 Å². The Kier molecular flexibility index (Phi) is 3.03. The molecule has 0 amide bonds. The number of hydrogen-bond acceptors (Lipinski definition) is 1. The summed E-state index contributed by atoms with van der Waals surface area (Å²) in [5.74, 6) is -0.228. The summed E-state index contributed by atoms with van der Waals surface area (Å²) in [5, 5.41) is 1.02. The molecule has 3 aromatic rings. The number of nitrogens with zero attached hydrogens (tertiary/aromatic N) is 1. The van der Waals surface area contributed by atoms with Crippen molar-refractivity contribution in [3.05, 3.63) is 64.5 Å². The summed E-state index contributed by atoms with van der Waals surface area (Å²) in [4.78, 5) is 0. The molecule has 0 bridgehead atoms. The smallest absolute Gasteiger partial charge is 0.123 e. The van der Waals surface area contributed by atoms with Crippen molar-refractivity contribution in [1.29, 1.82) is 0 Å². The SMILES string of the molecule is Nc1cccc2c1ccn2Cc1cc(F)ccc1Br. The minimum absolute atomic E-state index is 0.228. The monoisotopic (exact) mass is 318 g/mol. The summed E-state index contributed by atoms with van der Waals surface area (Å²) in [6, 6.07) is 12.5. The number of halogens is 2. The molecule has 0 unspecified atom stereocenters. The molecule has 0 fully saturated rings. The lowest BCUT2D eigenvalue weighted by atomic mass is 10.2. The first-order valence-corrected chi connectivity index (χ1v) is 6.72. The molecule has 0 saturated carbocycles. The summed E-state index contributed by atoms with van der Waals surface area (Å²) < 4.78 is 16.3.